The number of carbonyl (C=O) groups excluding carboxylic acids is 1. The van der Waals surface area contributed by atoms with Crippen LogP contribution >= 0.6 is 0 Å². The molecule has 1 aromatic rings. The molecule has 0 heterocycles. The largest absolute Gasteiger partial charge is 0.497 e. The first-order chi connectivity index (χ1) is 9.43. The molecule has 0 spiro atoms. The van der Waals surface area contributed by atoms with E-state index >= 15 is 0 Å². The van der Waals surface area contributed by atoms with Crippen LogP contribution in [0.25, 0.3) is 0 Å². The summed E-state index contributed by atoms with van der Waals surface area (Å²) < 4.78 is 5.10. The molecule has 0 aliphatic carbocycles. The second-order valence-corrected chi connectivity index (χ2v) is 5.43. The van der Waals surface area contributed by atoms with Crippen LogP contribution in [0.15, 0.2) is 24.3 Å². The van der Waals surface area contributed by atoms with E-state index in [-0.39, 0.29) is 23.8 Å². The van der Waals surface area contributed by atoms with Crippen molar-refractivity contribution in [2.24, 2.45) is 5.92 Å². The summed E-state index contributed by atoms with van der Waals surface area (Å²) in [5.74, 6) is 0.862. The number of aliphatic hydroxyl groups excluding tert-OH is 1. The molecule has 0 saturated carbocycles. The molecule has 4 heteroatoms. The number of amides is 1. The van der Waals surface area contributed by atoms with Crippen LogP contribution in [0.2, 0.25) is 0 Å². The molecular formula is C16H25NO3. The minimum atomic E-state index is -0.332. The van der Waals surface area contributed by atoms with Gasteiger partial charge in [-0.3, -0.25) is 4.79 Å². The van der Waals surface area contributed by atoms with Crippen molar-refractivity contribution >= 4 is 5.91 Å². The maximum atomic E-state index is 12.1. The Hall–Kier alpha value is -1.55. The van der Waals surface area contributed by atoms with E-state index < -0.39 is 0 Å². The number of carbonyl (C=O) groups is 1. The van der Waals surface area contributed by atoms with Crippen molar-refractivity contribution in [3.63, 3.8) is 0 Å². The smallest absolute Gasteiger partial charge is 0.227 e. The van der Waals surface area contributed by atoms with Gasteiger partial charge in [-0.15, -0.1) is 0 Å². The molecule has 0 fully saturated rings. The first-order valence-corrected chi connectivity index (χ1v) is 7.03. The Bertz CT molecular complexity index is 414. The monoisotopic (exact) mass is 279 g/mol. The zero-order chi connectivity index (χ0) is 15.1. The highest BCUT2D eigenvalue weighted by atomic mass is 16.5. The third-order valence-corrected chi connectivity index (χ3v) is 3.38. The van der Waals surface area contributed by atoms with Gasteiger partial charge in [0.15, 0.2) is 0 Å². The lowest BCUT2D eigenvalue weighted by molar-refractivity contribution is -0.122. The molecule has 0 aromatic heterocycles. The second kappa shape index (κ2) is 7.90. The number of rotatable bonds is 7. The summed E-state index contributed by atoms with van der Waals surface area (Å²) in [5.41, 5.74) is 0.964. The molecular weight excluding hydrogens is 254 g/mol. The number of aliphatic hydroxyl groups is 1. The zero-order valence-electron chi connectivity index (χ0n) is 12.7. The fraction of sp³-hybridized carbons (Fsp3) is 0.562. The average Bonchev–Trinajstić information content (AvgIpc) is 2.43. The molecule has 1 amide bonds. The Kier molecular flexibility index (Phi) is 6.52. The van der Waals surface area contributed by atoms with Crippen molar-refractivity contribution < 1.29 is 14.6 Å². The number of methoxy groups -OCH3 is 1. The van der Waals surface area contributed by atoms with Crippen molar-refractivity contribution in [2.75, 3.05) is 13.7 Å². The summed E-state index contributed by atoms with van der Waals surface area (Å²) in [6.07, 6.45) is 0.359. The Morgan fingerprint density at radius 2 is 1.85 bits per heavy atom. The van der Waals surface area contributed by atoms with Gasteiger partial charge in [0.2, 0.25) is 5.91 Å². The summed E-state index contributed by atoms with van der Waals surface area (Å²) in [7, 11) is 1.62. The average molecular weight is 279 g/mol. The number of benzene rings is 1. The molecule has 2 N–H and O–H groups in total. The fourth-order valence-electron chi connectivity index (χ4n) is 2.14. The molecule has 0 aliphatic rings. The third-order valence-electron chi connectivity index (χ3n) is 3.38. The summed E-state index contributed by atoms with van der Waals surface area (Å²) in [4.78, 5) is 12.1. The summed E-state index contributed by atoms with van der Waals surface area (Å²) >= 11 is 0. The second-order valence-electron chi connectivity index (χ2n) is 5.43. The Morgan fingerprint density at radius 1 is 1.25 bits per heavy atom. The molecule has 112 valence electrons. The van der Waals surface area contributed by atoms with E-state index in [4.69, 9.17) is 4.74 Å². The molecule has 0 aliphatic heterocycles. The van der Waals surface area contributed by atoms with Crippen LogP contribution in [0.3, 0.4) is 0 Å². The van der Waals surface area contributed by atoms with Gasteiger partial charge >= 0.3 is 0 Å². The standard InChI is InChI=1S/C16H25NO3/c1-11(9-12(2)18)10-17-16(19)13(3)14-5-7-15(20-4)8-6-14/h5-8,11-13,18H,9-10H2,1-4H3,(H,17,19). The quantitative estimate of drug-likeness (QED) is 0.805. The van der Waals surface area contributed by atoms with Crippen LogP contribution in [0.5, 0.6) is 5.75 Å². The van der Waals surface area contributed by atoms with E-state index in [0.29, 0.717) is 13.0 Å². The van der Waals surface area contributed by atoms with Gasteiger partial charge in [0, 0.05) is 6.54 Å². The van der Waals surface area contributed by atoms with E-state index in [1.54, 1.807) is 14.0 Å². The van der Waals surface area contributed by atoms with Gasteiger partial charge in [0.25, 0.3) is 0 Å². The van der Waals surface area contributed by atoms with Gasteiger partial charge < -0.3 is 15.2 Å². The van der Waals surface area contributed by atoms with Crippen molar-refractivity contribution in [3.05, 3.63) is 29.8 Å². The van der Waals surface area contributed by atoms with Crippen molar-refractivity contribution in [1.29, 1.82) is 0 Å². The lowest BCUT2D eigenvalue weighted by atomic mass is 9.99. The van der Waals surface area contributed by atoms with Crippen LogP contribution < -0.4 is 10.1 Å². The number of hydrogen-bond donors (Lipinski definition) is 2. The number of ether oxygens (including phenoxy) is 1. The molecule has 0 saturated heterocycles. The zero-order valence-corrected chi connectivity index (χ0v) is 12.7. The molecule has 0 bridgehead atoms. The first-order valence-electron chi connectivity index (χ1n) is 7.03. The maximum absolute atomic E-state index is 12.1. The molecule has 3 unspecified atom stereocenters. The minimum Gasteiger partial charge on any atom is -0.497 e. The predicted molar refractivity (Wildman–Crippen MR) is 79.9 cm³/mol. The van der Waals surface area contributed by atoms with Crippen LogP contribution in [0.4, 0.5) is 0 Å². The van der Waals surface area contributed by atoms with Gasteiger partial charge in [0.1, 0.15) is 5.75 Å². The van der Waals surface area contributed by atoms with Crippen LogP contribution in [-0.4, -0.2) is 30.8 Å². The lowest BCUT2D eigenvalue weighted by Gasteiger charge is -2.17. The third kappa shape index (κ3) is 5.21. The van der Waals surface area contributed by atoms with Gasteiger partial charge in [-0.1, -0.05) is 19.1 Å². The Morgan fingerprint density at radius 3 is 2.35 bits per heavy atom. The fourth-order valence-corrected chi connectivity index (χ4v) is 2.14. The van der Waals surface area contributed by atoms with E-state index in [0.717, 1.165) is 11.3 Å². The van der Waals surface area contributed by atoms with Gasteiger partial charge in [-0.05, 0) is 43.9 Å². The number of nitrogens with one attached hydrogen (secondary N) is 1. The molecule has 20 heavy (non-hydrogen) atoms. The molecule has 1 rings (SSSR count). The maximum Gasteiger partial charge on any atom is 0.227 e. The van der Waals surface area contributed by atoms with E-state index in [2.05, 4.69) is 5.32 Å². The molecule has 1 aromatic carbocycles. The number of hydrogen-bond acceptors (Lipinski definition) is 3. The SMILES string of the molecule is COc1ccc(C(C)C(=O)NCC(C)CC(C)O)cc1. The van der Waals surface area contributed by atoms with E-state index in [1.807, 2.05) is 38.1 Å². The summed E-state index contributed by atoms with van der Waals surface area (Å²) in [6, 6.07) is 7.52. The van der Waals surface area contributed by atoms with Crippen LogP contribution in [0.1, 0.15) is 38.7 Å². The predicted octanol–water partition coefficient (Wildman–Crippen LogP) is 2.32. The van der Waals surface area contributed by atoms with Crippen molar-refractivity contribution in [2.45, 2.75) is 39.2 Å². The summed E-state index contributed by atoms with van der Waals surface area (Å²) in [6.45, 7) is 6.25. The molecule has 4 nitrogen and oxygen atoms in total. The molecule has 0 radical (unpaired) electrons. The Labute approximate surface area is 121 Å². The van der Waals surface area contributed by atoms with E-state index in [9.17, 15) is 9.90 Å². The highest BCUT2D eigenvalue weighted by molar-refractivity contribution is 5.83. The highest BCUT2D eigenvalue weighted by Crippen LogP contribution is 2.19. The first kappa shape index (κ1) is 16.5. The van der Waals surface area contributed by atoms with E-state index in [1.165, 1.54) is 0 Å². The van der Waals surface area contributed by atoms with Gasteiger partial charge in [-0.25, -0.2) is 0 Å². The topological polar surface area (TPSA) is 58.6 Å². The van der Waals surface area contributed by atoms with Crippen molar-refractivity contribution in [3.8, 4) is 5.75 Å². The van der Waals surface area contributed by atoms with Gasteiger partial charge in [0.05, 0.1) is 19.1 Å². The normalized spacial score (nSPS) is 15.2. The minimum absolute atomic E-state index is 0.00705. The van der Waals surface area contributed by atoms with Gasteiger partial charge in [-0.2, -0.15) is 0 Å². The summed E-state index contributed by atoms with van der Waals surface area (Å²) in [5, 5.41) is 12.2. The van der Waals surface area contributed by atoms with Crippen LogP contribution in [0, 0.1) is 5.92 Å². The highest BCUT2D eigenvalue weighted by Gasteiger charge is 2.16. The van der Waals surface area contributed by atoms with Crippen molar-refractivity contribution in [1.82, 2.24) is 5.32 Å². The Balaban J connectivity index is 2.49. The lowest BCUT2D eigenvalue weighted by Crippen LogP contribution is -2.32. The molecule has 3 atom stereocenters. The van der Waals surface area contributed by atoms with Crippen LogP contribution in [-0.2, 0) is 4.79 Å².